The molecule has 0 amide bonds. The van der Waals surface area contributed by atoms with Gasteiger partial charge in [0, 0.05) is 5.02 Å². The molecule has 0 spiro atoms. The van der Waals surface area contributed by atoms with E-state index in [-0.39, 0.29) is 11.9 Å². The molecule has 22 heavy (non-hydrogen) atoms. The zero-order valence-electron chi connectivity index (χ0n) is 13.5. The van der Waals surface area contributed by atoms with Crippen LogP contribution in [0.15, 0.2) is 24.3 Å². The molecule has 0 unspecified atom stereocenters. The van der Waals surface area contributed by atoms with E-state index in [2.05, 4.69) is 6.92 Å². The van der Waals surface area contributed by atoms with Gasteiger partial charge in [-0.05, 0) is 55.9 Å². The molecule has 1 aliphatic carbocycles. The fourth-order valence-electron chi connectivity index (χ4n) is 3.25. The predicted octanol–water partition coefficient (Wildman–Crippen LogP) is 6.02. The van der Waals surface area contributed by atoms with Gasteiger partial charge in [-0.2, -0.15) is 0 Å². The zero-order chi connectivity index (χ0) is 15.8. The van der Waals surface area contributed by atoms with Crippen LogP contribution >= 0.6 is 11.6 Å². The monoisotopic (exact) mass is 322 g/mol. The van der Waals surface area contributed by atoms with Crippen LogP contribution in [-0.4, -0.2) is 5.97 Å². The molecule has 0 N–H and O–H groups in total. The molecule has 2 rings (SSSR count). The first kappa shape index (κ1) is 17.3. The SMILES string of the molecule is CCCCCCC1CCC(C(=O)Oc2ccc(Cl)cc2)CC1. The number of rotatable bonds is 7. The zero-order valence-corrected chi connectivity index (χ0v) is 14.3. The molecule has 2 nitrogen and oxygen atoms in total. The maximum Gasteiger partial charge on any atom is 0.314 e. The maximum atomic E-state index is 12.2. The van der Waals surface area contributed by atoms with E-state index >= 15 is 0 Å². The Morgan fingerprint density at radius 1 is 1.09 bits per heavy atom. The number of hydrogen-bond donors (Lipinski definition) is 0. The Labute approximate surface area is 139 Å². The highest BCUT2D eigenvalue weighted by atomic mass is 35.5. The molecule has 0 aromatic heterocycles. The highest BCUT2D eigenvalue weighted by Gasteiger charge is 2.27. The molecular formula is C19H27ClO2. The molecule has 1 aromatic carbocycles. The molecule has 0 radical (unpaired) electrons. The van der Waals surface area contributed by atoms with Crippen LogP contribution in [0, 0.1) is 11.8 Å². The molecule has 0 heterocycles. The Morgan fingerprint density at radius 3 is 2.41 bits per heavy atom. The van der Waals surface area contributed by atoms with Gasteiger partial charge >= 0.3 is 5.97 Å². The van der Waals surface area contributed by atoms with Gasteiger partial charge < -0.3 is 4.74 Å². The van der Waals surface area contributed by atoms with Crippen molar-refractivity contribution < 1.29 is 9.53 Å². The molecule has 0 bridgehead atoms. The van der Waals surface area contributed by atoms with Crippen LogP contribution in [0.2, 0.25) is 5.02 Å². The summed E-state index contributed by atoms with van der Waals surface area (Å²) in [7, 11) is 0. The molecule has 1 aromatic rings. The summed E-state index contributed by atoms with van der Waals surface area (Å²) in [6.07, 6.45) is 11.0. The molecule has 1 aliphatic rings. The molecular weight excluding hydrogens is 296 g/mol. The van der Waals surface area contributed by atoms with Crippen LogP contribution in [0.25, 0.3) is 0 Å². The average molecular weight is 323 g/mol. The van der Waals surface area contributed by atoms with Gasteiger partial charge in [0.15, 0.2) is 0 Å². The van der Waals surface area contributed by atoms with Crippen molar-refractivity contribution in [3.63, 3.8) is 0 Å². The number of hydrogen-bond acceptors (Lipinski definition) is 2. The summed E-state index contributed by atoms with van der Waals surface area (Å²) >= 11 is 5.83. The van der Waals surface area contributed by atoms with Crippen LogP contribution in [0.4, 0.5) is 0 Å². The summed E-state index contributed by atoms with van der Waals surface area (Å²) in [6, 6.07) is 6.99. The van der Waals surface area contributed by atoms with Gasteiger partial charge in [0.2, 0.25) is 0 Å². The van der Waals surface area contributed by atoms with E-state index in [1.807, 2.05) is 0 Å². The number of esters is 1. The van der Waals surface area contributed by atoms with Gasteiger partial charge in [-0.15, -0.1) is 0 Å². The van der Waals surface area contributed by atoms with Crippen molar-refractivity contribution in [2.24, 2.45) is 11.8 Å². The standard InChI is InChI=1S/C19H27ClO2/c1-2-3-4-5-6-15-7-9-16(10-8-15)19(21)22-18-13-11-17(20)12-14-18/h11-16H,2-10H2,1H3. The minimum absolute atomic E-state index is 0.0718. The van der Waals surface area contributed by atoms with E-state index in [0.29, 0.717) is 10.8 Å². The summed E-state index contributed by atoms with van der Waals surface area (Å²) in [5.74, 6) is 1.40. The van der Waals surface area contributed by atoms with Crippen LogP contribution in [0.1, 0.15) is 64.7 Å². The lowest BCUT2D eigenvalue weighted by Gasteiger charge is -2.27. The number of carbonyl (C=O) groups excluding carboxylic acids is 1. The van der Waals surface area contributed by atoms with Crippen molar-refractivity contribution >= 4 is 17.6 Å². The van der Waals surface area contributed by atoms with Gasteiger partial charge in [-0.3, -0.25) is 4.79 Å². The summed E-state index contributed by atoms with van der Waals surface area (Å²) in [5, 5.41) is 0.656. The first-order chi connectivity index (χ1) is 10.7. The maximum absolute atomic E-state index is 12.2. The second-order valence-corrected chi connectivity index (χ2v) is 6.88. The molecule has 122 valence electrons. The third kappa shape index (κ3) is 5.64. The van der Waals surface area contributed by atoms with Crippen molar-refractivity contribution in [3.8, 4) is 5.75 Å². The Hall–Kier alpha value is -1.02. The van der Waals surface area contributed by atoms with Crippen LogP contribution in [-0.2, 0) is 4.79 Å². The Bertz CT molecular complexity index is 447. The average Bonchev–Trinajstić information content (AvgIpc) is 2.54. The van der Waals surface area contributed by atoms with Crippen LogP contribution in [0.3, 0.4) is 0 Å². The van der Waals surface area contributed by atoms with Crippen molar-refractivity contribution in [2.75, 3.05) is 0 Å². The Balaban J connectivity index is 1.69. The normalized spacial score (nSPS) is 21.5. The molecule has 0 aliphatic heterocycles. The first-order valence-electron chi connectivity index (χ1n) is 8.66. The number of carbonyl (C=O) groups is 1. The lowest BCUT2D eigenvalue weighted by Crippen LogP contribution is -2.25. The van der Waals surface area contributed by atoms with Crippen molar-refractivity contribution in [1.29, 1.82) is 0 Å². The quantitative estimate of drug-likeness (QED) is 0.348. The van der Waals surface area contributed by atoms with Crippen molar-refractivity contribution in [1.82, 2.24) is 0 Å². The van der Waals surface area contributed by atoms with E-state index in [1.165, 1.54) is 44.9 Å². The summed E-state index contributed by atoms with van der Waals surface area (Å²) in [6.45, 7) is 2.25. The van der Waals surface area contributed by atoms with Gasteiger partial charge in [0.1, 0.15) is 5.75 Å². The minimum atomic E-state index is -0.0771. The van der Waals surface area contributed by atoms with Gasteiger partial charge in [-0.1, -0.05) is 50.6 Å². The van der Waals surface area contributed by atoms with E-state index in [1.54, 1.807) is 24.3 Å². The van der Waals surface area contributed by atoms with Crippen molar-refractivity contribution in [2.45, 2.75) is 64.7 Å². The second kappa shape index (κ2) is 9.19. The van der Waals surface area contributed by atoms with E-state index in [4.69, 9.17) is 16.3 Å². The molecule has 0 saturated heterocycles. The Morgan fingerprint density at radius 2 is 1.77 bits per heavy atom. The predicted molar refractivity (Wildman–Crippen MR) is 91.3 cm³/mol. The molecule has 1 fully saturated rings. The highest BCUT2D eigenvalue weighted by Crippen LogP contribution is 2.33. The van der Waals surface area contributed by atoms with Gasteiger partial charge in [0.25, 0.3) is 0 Å². The number of benzene rings is 1. The van der Waals surface area contributed by atoms with Crippen molar-refractivity contribution in [3.05, 3.63) is 29.3 Å². The van der Waals surface area contributed by atoms with Crippen LogP contribution < -0.4 is 4.74 Å². The Kier molecular flexibility index (Phi) is 7.24. The van der Waals surface area contributed by atoms with E-state index in [0.717, 1.165) is 18.8 Å². The second-order valence-electron chi connectivity index (χ2n) is 6.44. The van der Waals surface area contributed by atoms with Gasteiger partial charge in [-0.25, -0.2) is 0 Å². The largest absolute Gasteiger partial charge is 0.426 e. The summed E-state index contributed by atoms with van der Waals surface area (Å²) in [4.78, 5) is 12.2. The number of ether oxygens (including phenoxy) is 1. The van der Waals surface area contributed by atoms with E-state index in [9.17, 15) is 4.79 Å². The first-order valence-corrected chi connectivity index (χ1v) is 9.04. The fraction of sp³-hybridized carbons (Fsp3) is 0.632. The van der Waals surface area contributed by atoms with Gasteiger partial charge in [0.05, 0.1) is 5.92 Å². The van der Waals surface area contributed by atoms with Crippen LogP contribution in [0.5, 0.6) is 5.75 Å². The number of halogens is 1. The third-order valence-electron chi connectivity index (χ3n) is 4.68. The topological polar surface area (TPSA) is 26.3 Å². The number of unbranched alkanes of at least 4 members (excludes halogenated alkanes) is 3. The molecule has 1 saturated carbocycles. The lowest BCUT2D eigenvalue weighted by molar-refractivity contribution is -0.140. The molecule has 0 atom stereocenters. The highest BCUT2D eigenvalue weighted by molar-refractivity contribution is 6.30. The smallest absolute Gasteiger partial charge is 0.314 e. The fourth-order valence-corrected chi connectivity index (χ4v) is 3.37. The summed E-state index contributed by atoms with van der Waals surface area (Å²) < 4.78 is 5.46. The summed E-state index contributed by atoms with van der Waals surface area (Å²) in [5.41, 5.74) is 0. The lowest BCUT2D eigenvalue weighted by atomic mass is 9.80. The van der Waals surface area contributed by atoms with E-state index < -0.39 is 0 Å². The minimum Gasteiger partial charge on any atom is -0.426 e. The third-order valence-corrected chi connectivity index (χ3v) is 4.93. The molecule has 3 heteroatoms.